The van der Waals surface area contributed by atoms with Crippen molar-refractivity contribution in [3.63, 3.8) is 0 Å². The molecule has 0 amide bonds. The zero-order valence-corrected chi connectivity index (χ0v) is 18.8. The van der Waals surface area contributed by atoms with Crippen molar-refractivity contribution in [3.8, 4) is 5.75 Å². The van der Waals surface area contributed by atoms with Crippen LogP contribution in [-0.4, -0.2) is 37.8 Å². The van der Waals surface area contributed by atoms with Crippen LogP contribution in [0.25, 0.3) is 0 Å². The van der Waals surface area contributed by atoms with Gasteiger partial charge in [-0.1, -0.05) is 18.2 Å². The van der Waals surface area contributed by atoms with E-state index in [1.807, 2.05) is 18.2 Å². The van der Waals surface area contributed by atoms with Crippen LogP contribution >= 0.6 is 24.0 Å². The lowest BCUT2D eigenvalue weighted by atomic mass is 10.1. The molecule has 1 atom stereocenters. The molecule has 7 heteroatoms. The van der Waals surface area contributed by atoms with Crippen LogP contribution in [-0.2, 0) is 17.8 Å². The van der Waals surface area contributed by atoms with Gasteiger partial charge in [-0.2, -0.15) is 0 Å². The molecule has 3 rings (SSSR count). The number of guanidine groups is 1. The Morgan fingerprint density at radius 3 is 2.82 bits per heavy atom. The molecule has 2 aromatic rings. The zero-order valence-electron chi connectivity index (χ0n) is 16.5. The Morgan fingerprint density at radius 2 is 2.11 bits per heavy atom. The van der Waals surface area contributed by atoms with E-state index in [1.54, 1.807) is 13.2 Å². The van der Waals surface area contributed by atoms with Crippen LogP contribution in [0, 0.1) is 12.8 Å². The minimum absolute atomic E-state index is 0. The predicted molar refractivity (Wildman–Crippen MR) is 122 cm³/mol. The van der Waals surface area contributed by atoms with Crippen LogP contribution in [0.4, 0.5) is 0 Å². The number of nitrogens with zero attached hydrogens (tertiary/aromatic N) is 2. The van der Waals surface area contributed by atoms with Crippen LogP contribution < -0.4 is 15.4 Å². The topological polar surface area (TPSA) is 67.8 Å². The molecule has 1 aliphatic heterocycles. The SMILES string of the molecule is CN=C(NCc1ccccn1)NCc1ccc(C)cc1OCC1CCOC1.I. The van der Waals surface area contributed by atoms with E-state index in [1.165, 1.54) is 5.56 Å². The molecule has 1 unspecified atom stereocenters. The smallest absolute Gasteiger partial charge is 0.191 e. The maximum atomic E-state index is 6.11. The second kappa shape index (κ2) is 11.9. The molecule has 1 aromatic heterocycles. The highest BCUT2D eigenvalue weighted by Crippen LogP contribution is 2.22. The molecule has 1 aromatic carbocycles. The number of aryl methyl sites for hydroxylation is 1. The molecule has 0 bridgehead atoms. The highest BCUT2D eigenvalue weighted by Gasteiger charge is 2.17. The summed E-state index contributed by atoms with van der Waals surface area (Å²) in [6.45, 7) is 5.68. The van der Waals surface area contributed by atoms with Crippen molar-refractivity contribution < 1.29 is 9.47 Å². The van der Waals surface area contributed by atoms with Crippen molar-refractivity contribution >= 4 is 29.9 Å². The van der Waals surface area contributed by atoms with Gasteiger partial charge in [0.2, 0.25) is 0 Å². The van der Waals surface area contributed by atoms with Gasteiger partial charge in [0.05, 0.1) is 25.5 Å². The Morgan fingerprint density at radius 1 is 1.25 bits per heavy atom. The van der Waals surface area contributed by atoms with Gasteiger partial charge in [-0.25, -0.2) is 0 Å². The third-order valence-electron chi connectivity index (χ3n) is 4.55. The summed E-state index contributed by atoms with van der Waals surface area (Å²) in [6.07, 6.45) is 2.86. The van der Waals surface area contributed by atoms with Gasteiger partial charge in [0, 0.05) is 37.9 Å². The lowest BCUT2D eigenvalue weighted by Crippen LogP contribution is -2.36. The molecular weight excluding hydrogens is 467 g/mol. The van der Waals surface area contributed by atoms with Crippen LogP contribution in [0.1, 0.15) is 23.2 Å². The van der Waals surface area contributed by atoms with E-state index in [4.69, 9.17) is 9.47 Å². The molecule has 2 N–H and O–H groups in total. The first-order valence-electron chi connectivity index (χ1n) is 9.39. The van der Waals surface area contributed by atoms with Crippen LogP contribution in [0.2, 0.25) is 0 Å². The Balaban J connectivity index is 0.00000280. The average Bonchev–Trinajstić information content (AvgIpc) is 3.22. The summed E-state index contributed by atoms with van der Waals surface area (Å²) in [5.74, 6) is 2.14. The number of hydrogen-bond donors (Lipinski definition) is 2. The van der Waals surface area contributed by atoms with Gasteiger partial charge in [-0.15, -0.1) is 24.0 Å². The first-order chi connectivity index (χ1) is 13.2. The normalized spacial score (nSPS) is 16.4. The molecule has 152 valence electrons. The quantitative estimate of drug-likeness (QED) is 0.350. The second-order valence-corrected chi connectivity index (χ2v) is 6.75. The Bertz CT molecular complexity index is 749. The van der Waals surface area contributed by atoms with Crippen molar-refractivity contribution in [1.29, 1.82) is 0 Å². The Kier molecular flexibility index (Phi) is 9.49. The monoisotopic (exact) mass is 496 g/mol. The van der Waals surface area contributed by atoms with Crippen LogP contribution in [0.5, 0.6) is 5.75 Å². The number of aromatic nitrogens is 1. The van der Waals surface area contributed by atoms with E-state index in [9.17, 15) is 0 Å². The number of pyridine rings is 1. The third-order valence-corrected chi connectivity index (χ3v) is 4.55. The number of benzene rings is 1. The summed E-state index contributed by atoms with van der Waals surface area (Å²) >= 11 is 0. The van der Waals surface area contributed by atoms with Gasteiger partial charge in [0.1, 0.15) is 5.75 Å². The molecule has 0 spiro atoms. The molecule has 1 saturated heterocycles. The largest absolute Gasteiger partial charge is 0.493 e. The number of aliphatic imine (C=N–C) groups is 1. The van der Waals surface area contributed by atoms with Gasteiger partial charge in [0.15, 0.2) is 5.96 Å². The van der Waals surface area contributed by atoms with Crippen LogP contribution in [0.15, 0.2) is 47.6 Å². The fraction of sp³-hybridized carbons (Fsp3) is 0.429. The molecule has 1 aliphatic rings. The van der Waals surface area contributed by atoms with E-state index in [0.29, 0.717) is 25.6 Å². The number of hydrogen-bond acceptors (Lipinski definition) is 4. The van der Waals surface area contributed by atoms with Crippen molar-refractivity contribution in [3.05, 3.63) is 59.4 Å². The second-order valence-electron chi connectivity index (χ2n) is 6.75. The van der Waals surface area contributed by atoms with Crippen molar-refractivity contribution in [2.24, 2.45) is 10.9 Å². The lowest BCUT2D eigenvalue weighted by molar-refractivity contribution is 0.166. The minimum Gasteiger partial charge on any atom is -0.493 e. The first kappa shape index (κ1) is 22.4. The lowest BCUT2D eigenvalue weighted by Gasteiger charge is -2.17. The molecular formula is C21H29IN4O2. The summed E-state index contributed by atoms with van der Waals surface area (Å²) in [4.78, 5) is 8.60. The van der Waals surface area contributed by atoms with Gasteiger partial charge in [-0.3, -0.25) is 9.98 Å². The maximum Gasteiger partial charge on any atom is 0.191 e. The molecule has 0 saturated carbocycles. The molecule has 0 radical (unpaired) electrons. The number of rotatable bonds is 7. The molecule has 1 fully saturated rings. The Hall–Kier alpha value is -1.87. The van der Waals surface area contributed by atoms with Gasteiger partial charge >= 0.3 is 0 Å². The molecule has 28 heavy (non-hydrogen) atoms. The van der Waals surface area contributed by atoms with E-state index in [2.05, 4.69) is 45.7 Å². The number of nitrogens with one attached hydrogen (secondary N) is 2. The first-order valence-corrected chi connectivity index (χ1v) is 9.39. The minimum atomic E-state index is 0. The van der Waals surface area contributed by atoms with Crippen molar-refractivity contribution in [2.75, 3.05) is 26.9 Å². The summed E-state index contributed by atoms with van der Waals surface area (Å²) in [5.41, 5.74) is 3.27. The maximum absolute atomic E-state index is 6.11. The van der Waals surface area contributed by atoms with Crippen molar-refractivity contribution in [1.82, 2.24) is 15.6 Å². The van der Waals surface area contributed by atoms with E-state index < -0.39 is 0 Å². The van der Waals surface area contributed by atoms with Crippen LogP contribution in [0.3, 0.4) is 0 Å². The van der Waals surface area contributed by atoms with Gasteiger partial charge < -0.3 is 20.1 Å². The zero-order chi connectivity index (χ0) is 18.9. The summed E-state index contributed by atoms with van der Waals surface area (Å²) in [7, 11) is 1.76. The Labute approximate surface area is 184 Å². The fourth-order valence-electron chi connectivity index (χ4n) is 2.94. The third kappa shape index (κ3) is 6.94. The predicted octanol–water partition coefficient (Wildman–Crippen LogP) is 3.29. The molecule has 0 aliphatic carbocycles. The van der Waals surface area contributed by atoms with Gasteiger partial charge in [-0.05, 0) is 37.1 Å². The fourth-order valence-corrected chi connectivity index (χ4v) is 2.94. The summed E-state index contributed by atoms with van der Waals surface area (Å²) in [6, 6.07) is 12.2. The van der Waals surface area contributed by atoms with E-state index in [0.717, 1.165) is 42.6 Å². The molecule has 2 heterocycles. The number of ether oxygens (including phenoxy) is 2. The molecule has 6 nitrogen and oxygen atoms in total. The highest BCUT2D eigenvalue weighted by atomic mass is 127. The van der Waals surface area contributed by atoms with E-state index in [-0.39, 0.29) is 24.0 Å². The van der Waals surface area contributed by atoms with Crippen molar-refractivity contribution in [2.45, 2.75) is 26.4 Å². The van der Waals surface area contributed by atoms with E-state index >= 15 is 0 Å². The standard InChI is InChI=1S/C21H28N4O2.HI/c1-16-6-7-18(20(11-16)27-15-17-8-10-26-14-17)12-24-21(22-2)25-13-19-5-3-4-9-23-19;/h3-7,9,11,17H,8,10,12-15H2,1-2H3,(H2,22,24,25);1H. The van der Waals surface area contributed by atoms with Gasteiger partial charge in [0.25, 0.3) is 0 Å². The summed E-state index contributed by atoms with van der Waals surface area (Å²) < 4.78 is 11.5. The number of halogens is 1. The highest BCUT2D eigenvalue weighted by molar-refractivity contribution is 14.0. The summed E-state index contributed by atoms with van der Waals surface area (Å²) in [5, 5.41) is 6.63. The average molecular weight is 496 g/mol.